The lowest BCUT2D eigenvalue weighted by atomic mass is 9.95. The number of ether oxygens (including phenoxy) is 2. The molecular weight excluding hydrogens is 256 g/mol. The number of nitrogens with zero attached hydrogens (tertiary/aromatic N) is 1. The van der Waals surface area contributed by atoms with Crippen molar-refractivity contribution in [2.24, 2.45) is 5.73 Å². The van der Waals surface area contributed by atoms with E-state index in [2.05, 4.69) is 0 Å². The summed E-state index contributed by atoms with van der Waals surface area (Å²) in [4.78, 5) is 14.2. The lowest BCUT2D eigenvalue weighted by Gasteiger charge is -2.20. The maximum atomic E-state index is 12.2. The molecule has 108 valence electrons. The van der Waals surface area contributed by atoms with Crippen LogP contribution in [0.1, 0.15) is 30.7 Å². The first-order valence-electron chi connectivity index (χ1n) is 7.15. The Labute approximate surface area is 118 Å². The Morgan fingerprint density at radius 3 is 2.75 bits per heavy atom. The maximum absolute atomic E-state index is 12.2. The summed E-state index contributed by atoms with van der Waals surface area (Å²) in [6.07, 6.45) is 2.70. The minimum atomic E-state index is 0.0394. The number of carbonyl (C=O) groups is 1. The zero-order chi connectivity index (χ0) is 13.9. The predicted octanol–water partition coefficient (Wildman–Crippen LogP) is 1.47. The van der Waals surface area contributed by atoms with E-state index in [1.807, 2.05) is 23.1 Å². The lowest BCUT2D eigenvalue weighted by Crippen LogP contribution is -2.30. The van der Waals surface area contributed by atoms with Crippen LogP contribution in [0.4, 0.5) is 0 Å². The molecule has 5 nitrogen and oxygen atoms in total. The number of carbonyl (C=O) groups excluding carboxylic acids is 1. The molecule has 1 saturated heterocycles. The van der Waals surface area contributed by atoms with Gasteiger partial charge in [-0.2, -0.15) is 0 Å². The third kappa shape index (κ3) is 2.58. The molecule has 2 aliphatic heterocycles. The Hall–Kier alpha value is -1.75. The number of rotatable bonds is 4. The third-order valence-corrected chi connectivity index (χ3v) is 4.03. The van der Waals surface area contributed by atoms with Gasteiger partial charge in [0.05, 0.1) is 0 Å². The second-order valence-corrected chi connectivity index (χ2v) is 5.34. The van der Waals surface area contributed by atoms with Crippen LogP contribution in [0.25, 0.3) is 0 Å². The highest BCUT2D eigenvalue weighted by molar-refractivity contribution is 5.77. The SMILES string of the molecule is NCC(CC(=O)N1CCCC1)c1ccc2c(c1)OCO2. The molecule has 0 aliphatic carbocycles. The normalized spacial score (nSPS) is 18.4. The van der Waals surface area contributed by atoms with Crippen LogP contribution in [-0.2, 0) is 4.79 Å². The predicted molar refractivity (Wildman–Crippen MR) is 74.8 cm³/mol. The Balaban J connectivity index is 1.71. The van der Waals surface area contributed by atoms with E-state index in [1.165, 1.54) is 0 Å². The Morgan fingerprint density at radius 1 is 1.25 bits per heavy atom. The van der Waals surface area contributed by atoms with Gasteiger partial charge in [-0.15, -0.1) is 0 Å². The maximum Gasteiger partial charge on any atom is 0.231 e. The first-order valence-corrected chi connectivity index (χ1v) is 7.15. The van der Waals surface area contributed by atoms with Crippen molar-refractivity contribution in [3.63, 3.8) is 0 Å². The summed E-state index contributed by atoms with van der Waals surface area (Å²) < 4.78 is 10.7. The van der Waals surface area contributed by atoms with Gasteiger partial charge in [-0.25, -0.2) is 0 Å². The molecule has 1 aromatic carbocycles. The molecule has 1 amide bonds. The van der Waals surface area contributed by atoms with Crippen LogP contribution >= 0.6 is 0 Å². The van der Waals surface area contributed by atoms with E-state index in [1.54, 1.807) is 0 Å². The van der Waals surface area contributed by atoms with Crippen LogP contribution in [0, 0.1) is 0 Å². The second kappa shape index (κ2) is 5.71. The summed E-state index contributed by atoms with van der Waals surface area (Å²) in [5.74, 6) is 1.75. The van der Waals surface area contributed by atoms with Crippen molar-refractivity contribution in [1.29, 1.82) is 0 Å². The molecule has 1 aromatic rings. The van der Waals surface area contributed by atoms with Gasteiger partial charge >= 0.3 is 0 Å². The number of likely N-dealkylation sites (tertiary alicyclic amines) is 1. The molecule has 3 rings (SSSR count). The first-order chi connectivity index (χ1) is 9.78. The fraction of sp³-hybridized carbons (Fsp3) is 0.533. The molecule has 0 aromatic heterocycles. The number of hydrogen-bond donors (Lipinski definition) is 1. The van der Waals surface area contributed by atoms with Crippen LogP contribution in [0.5, 0.6) is 11.5 Å². The van der Waals surface area contributed by atoms with E-state index in [0.29, 0.717) is 13.0 Å². The molecule has 0 spiro atoms. The van der Waals surface area contributed by atoms with Gasteiger partial charge in [0.1, 0.15) is 0 Å². The Morgan fingerprint density at radius 2 is 2.00 bits per heavy atom. The Kier molecular flexibility index (Phi) is 3.78. The van der Waals surface area contributed by atoms with Gasteiger partial charge in [0.15, 0.2) is 11.5 Å². The quantitative estimate of drug-likeness (QED) is 0.904. The molecule has 2 N–H and O–H groups in total. The van der Waals surface area contributed by atoms with Gasteiger partial charge < -0.3 is 20.1 Å². The fourth-order valence-electron chi connectivity index (χ4n) is 2.81. The monoisotopic (exact) mass is 276 g/mol. The highest BCUT2D eigenvalue weighted by atomic mass is 16.7. The number of amides is 1. The number of hydrogen-bond acceptors (Lipinski definition) is 4. The van der Waals surface area contributed by atoms with E-state index in [9.17, 15) is 4.79 Å². The zero-order valence-electron chi connectivity index (χ0n) is 11.5. The van der Waals surface area contributed by atoms with Crippen molar-refractivity contribution >= 4 is 5.91 Å². The van der Waals surface area contributed by atoms with E-state index >= 15 is 0 Å². The Bertz CT molecular complexity index is 498. The average Bonchev–Trinajstić information content (AvgIpc) is 3.14. The van der Waals surface area contributed by atoms with E-state index in [-0.39, 0.29) is 18.6 Å². The zero-order valence-corrected chi connectivity index (χ0v) is 11.5. The molecule has 2 aliphatic rings. The number of nitrogens with two attached hydrogens (primary N) is 1. The van der Waals surface area contributed by atoms with Crippen molar-refractivity contribution in [2.75, 3.05) is 26.4 Å². The molecule has 0 radical (unpaired) electrons. The van der Waals surface area contributed by atoms with Gasteiger partial charge in [-0.1, -0.05) is 6.07 Å². The van der Waals surface area contributed by atoms with Crippen molar-refractivity contribution < 1.29 is 14.3 Å². The summed E-state index contributed by atoms with van der Waals surface area (Å²) in [6.45, 7) is 2.49. The van der Waals surface area contributed by atoms with Gasteiger partial charge in [0.2, 0.25) is 12.7 Å². The van der Waals surface area contributed by atoms with Gasteiger partial charge in [-0.05, 0) is 37.1 Å². The number of fused-ring (bicyclic) bond motifs is 1. The summed E-state index contributed by atoms with van der Waals surface area (Å²) >= 11 is 0. The van der Waals surface area contributed by atoms with Crippen LogP contribution in [0.15, 0.2) is 18.2 Å². The molecule has 5 heteroatoms. The molecule has 0 saturated carbocycles. The van der Waals surface area contributed by atoms with E-state index in [0.717, 1.165) is 43.0 Å². The summed E-state index contributed by atoms with van der Waals surface area (Å²) in [6, 6.07) is 5.81. The smallest absolute Gasteiger partial charge is 0.231 e. The van der Waals surface area contributed by atoms with E-state index < -0.39 is 0 Å². The van der Waals surface area contributed by atoms with E-state index in [4.69, 9.17) is 15.2 Å². The third-order valence-electron chi connectivity index (χ3n) is 4.03. The molecule has 1 fully saturated rings. The van der Waals surface area contributed by atoms with Crippen molar-refractivity contribution in [3.8, 4) is 11.5 Å². The van der Waals surface area contributed by atoms with Crippen molar-refractivity contribution in [1.82, 2.24) is 4.90 Å². The molecule has 1 unspecified atom stereocenters. The average molecular weight is 276 g/mol. The lowest BCUT2D eigenvalue weighted by molar-refractivity contribution is -0.130. The highest BCUT2D eigenvalue weighted by Gasteiger charge is 2.23. The molecular formula is C15H20N2O3. The molecule has 0 bridgehead atoms. The fourth-order valence-corrected chi connectivity index (χ4v) is 2.81. The second-order valence-electron chi connectivity index (χ2n) is 5.34. The largest absolute Gasteiger partial charge is 0.454 e. The van der Waals surface area contributed by atoms with Crippen LogP contribution < -0.4 is 15.2 Å². The van der Waals surface area contributed by atoms with Crippen LogP contribution in [-0.4, -0.2) is 37.2 Å². The molecule has 20 heavy (non-hydrogen) atoms. The van der Waals surface area contributed by atoms with Crippen molar-refractivity contribution in [2.45, 2.75) is 25.2 Å². The standard InChI is InChI=1S/C15H20N2O3/c16-9-12(8-15(18)17-5-1-2-6-17)11-3-4-13-14(7-11)20-10-19-13/h3-4,7,12H,1-2,5-6,8-10,16H2. The summed E-state index contributed by atoms with van der Waals surface area (Å²) in [7, 11) is 0. The van der Waals surface area contributed by atoms with Crippen LogP contribution in [0.2, 0.25) is 0 Å². The molecule has 2 heterocycles. The first kappa shape index (κ1) is 13.2. The van der Waals surface area contributed by atoms with Crippen molar-refractivity contribution in [3.05, 3.63) is 23.8 Å². The topological polar surface area (TPSA) is 64.8 Å². The van der Waals surface area contributed by atoms with Gasteiger partial charge in [0.25, 0.3) is 0 Å². The number of benzene rings is 1. The van der Waals surface area contributed by atoms with Crippen LogP contribution in [0.3, 0.4) is 0 Å². The minimum Gasteiger partial charge on any atom is -0.454 e. The highest BCUT2D eigenvalue weighted by Crippen LogP contribution is 2.35. The molecule has 1 atom stereocenters. The minimum absolute atomic E-state index is 0.0394. The van der Waals surface area contributed by atoms with Gasteiger partial charge in [-0.3, -0.25) is 4.79 Å². The van der Waals surface area contributed by atoms with Gasteiger partial charge in [0, 0.05) is 25.4 Å². The summed E-state index contributed by atoms with van der Waals surface area (Å²) in [5, 5.41) is 0. The summed E-state index contributed by atoms with van der Waals surface area (Å²) in [5.41, 5.74) is 6.90.